The summed E-state index contributed by atoms with van der Waals surface area (Å²) < 4.78 is 0. The Bertz CT molecular complexity index is 160. The highest BCUT2D eigenvalue weighted by atomic mass is 15.5. The molecule has 0 aromatic rings. The molecule has 11 heavy (non-hydrogen) atoms. The number of nitrogens with one attached hydrogen (secondary N) is 1. The smallest absolute Gasteiger partial charge is 0.154 e. The van der Waals surface area contributed by atoms with Crippen molar-refractivity contribution in [1.29, 1.82) is 0 Å². The van der Waals surface area contributed by atoms with Gasteiger partial charge in [0.2, 0.25) is 0 Å². The van der Waals surface area contributed by atoms with E-state index in [1.54, 1.807) is 0 Å². The second kappa shape index (κ2) is 4.08. The first-order valence-electron chi connectivity index (χ1n) is 3.59. The molecule has 64 valence electrons. The van der Waals surface area contributed by atoms with Gasteiger partial charge in [-0.25, -0.2) is 16.4 Å². The lowest BCUT2D eigenvalue weighted by Gasteiger charge is -2.20. The van der Waals surface area contributed by atoms with Crippen LogP contribution in [0.1, 0.15) is 27.2 Å². The summed E-state index contributed by atoms with van der Waals surface area (Å²) in [6, 6.07) is 0. The minimum absolute atomic E-state index is 0.0614. The molecule has 0 aliphatic carbocycles. The van der Waals surface area contributed by atoms with Crippen LogP contribution in [-0.4, -0.2) is 12.6 Å². The Balaban J connectivity index is 4.49. The number of aliphatic imine (C=N–C) groups is 1. The molecule has 0 aromatic carbocycles. The summed E-state index contributed by atoms with van der Waals surface area (Å²) in [5, 5.41) is 3.80. The zero-order chi connectivity index (χ0) is 8.91. The van der Waals surface area contributed by atoms with Gasteiger partial charge in [-0.3, -0.25) is 0 Å². The minimum Gasteiger partial charge on any atom is -0.247 e. The molecule has 4 heteroatoms. The Morgan fingerprint density at radius 3 is 2.45 bits per heavy atom. The average molecular weight is 156 g/mol. The van der Waals surface area contributed by atoms with Crippen LogP contribution in [-0.2, 0) is 0 Å². The molecule has 0 heterocycles. The van der Waals surface area contributed by atoms with Gasteiger partial charge in [-0.05, 0) is 13.1 Å². The largest absolute Gasteiger partial charge is 0.247 e. The lowest BCUT2D eigenvalue weighted by molar-refractivity contribution is 0.493. The van der Waals surface area contributed by atoms with E-state index in [4.69, 9.17) is 5.84 Å². The molecule has 0 radical (unpaired) electrons. The summed E-state index contributed by atoms with van der Waals surface area (Å²) >= 11 is 0. The van der Waals surface area contributed by atoms with Crippen LogP contribution in [0.15, 0.2) is 10.1 Å². The van der Waals surface area contributed by atoms with Gasteiger partial charge in [0.25, 0.3) is 0 Å². The van der Waals surface area contributed by atoms with E-state index in [9.17, 15) is 0 Å². The van der Waals surface area contributed by atoms with Crippen molar-refractivity contribution in [2.45, 2.75) is 27.2 Å². The van der Waals surface area contributed by atoms with Crippen LogP contribution in [0.5, 0.6) is 0 Å². The van der Waals surface area contributed by atoms with Crippen molar-refractivity contribution in [2.24, 2.45) is 21.4 Å². The molecule has 0 bridgehead atoms. The Morgan fingerprint density at radius 2 is 2.18 bits per heavy atom. The monoisotopic (exact) mass is 156 g/mol. The summed E-state index contributed by atoms with van der Waals surface area (Å²) in [5.41, 5.74) is 2.15. The van der Waals surface area contributed by atoms with Gasteiger partial charge in [-0.2, -0.15) is 0 Å². The predicted octanol–water partition coefficient (Wildman–Crippen LogP) is 0.900. The molecule has 4 nitrogen and oxygen atoms in total. The fraction of sp³-hybridized carbons (Fsp3) is 0.714. The molecule has 0 rings (SSSR count). The zero-order valence-electron chi connectivity index (χ0n) is 7.39. The van der Waals surface area contributed by atoms with E-state index in [2.05, 4.69) is 29.3 Å². The third kappa shape index (κ3) is 2.67. The van der Waals surface area contributed by atoms with Crippen LogP contribution in [0.4, 0.5) is 0 Å². The van der Waals surface area contributed by atoms with Gasteiger partial charge in [-0.1, -0.05) is 20.8 Å². The van der Waals surface area contributed by atoms with Crippen molar-refractivity contribution >= 4 is 12.6 Å². The third-order valence-electron chi connectivity index (χ3n) is 1.81. The summed E-state index contributed by atoms with van der Waals surface area (Å²) in [7, 11) is 0. The van der Waals surface area contributed by atoms with Crippen LogP contribution in [0, 0.1) is 5.41 Å². The lowest BCUT2D eigenvalue weighted by atomic mass is 9.89. The van der Waals surface area contributed by atoms with Crippen molar-refractivity contribution in [3.63, 3.8) is 0 Å². The Kier molecular flexibility index (Phi) is 3.74. The van der Waals surface area contributed by atoms with Gasteiger partial charge in [0, 0.05) is 5.41 Å². The maximum absolute atomic E-state index is 5.03. The predicted molar refractivity (Wildman–Crippen MR) is 48.4 cm³/mol. The number of nitrogens with two attached hydrogens (primary N) is 1. The van der Waals surface area contributed by atoms with Gasteiger partial charge < -0.3 is 0 Å². The number of hydrazine groups is 1. The fourth-order valence-corrected chi connectivity index (χ4v) is 0.620. The van der Waals surface area contributed by atoms with E-state index in [1.165, 1.54) is 0 Å². The first-order valence-corrected chi connectivity index (χ1v) is 3.59. The second-order valence-corrected chi connectivity index (χ2v) is 2.96. The molecule has 0 fully saturated rings. The van der Waals surface area contributed by atoms with Gasteiger partial charge in [0.05, 0.1) is 0 Å². The molecule has 0 aliphatic heterocycles. The number of nitrogens with zero attached hydrogens (tertiary/aromatic N) is 2. The van der Waals surface area contributed by atoms with E-state index in [0.29, 0.717) is 5.84 Å². The van der Waals surface area contributed by atoms with E-state index in [-0.39, 0.29) is 5.41 Å². The highest BCUT2D eigenvalue weighted by Crippen LogP contribution is 2.21. The van der Waals surface area contributed by atoms with E-state index in [0.717, 1.165) is 6.42 Å². The second-order valence-electron chi connectivity index (χ2n) is 2.96. The number of amidine groups is 1. The SMILES string of the molecule is C=N/C(=N\NN)C(C)(C)CC. The molecule has 0 spiro atoms. The van der Waals surface area contributed by atoms with Gasteiger partial charge in [0.15, 0.2) is 5.84 Å². The van der Waals surface area contributed by atoms with Crippen molar-refractivity contribution < 1.29 is 0 Å². The number of hydrogen-bond donors (Lipinski definition) is 2. The fourth-order valence-electron chi connectivity index (χ4n) is 0.620. The van der Waals surface area contributed by atoms with Crippen LogP contribution >= 0.6 is 0 Å². The molecular weight excluding hydrogens is 140 g/mol. The highest BCUT2D eigenvalue weighted by Gasteiger charge is 2.21. The third-order valence-corrected chi connectivity index (χ3v) is 1.81. The molecule has 0 unspecified atom stereocenters. The zero-order valence-corrected chi connectivity index (χ0v) is 7.39. The normalized spacial score (nSPS) is 12.9. The van der Waals surface area contributed by atoms with E-state index in [1.807, 2.05) is 13.8 Å². The summed E-state index contributed by atoms with van der Waals surface area (Å²) in [6.45, 7) is 9.56. The summed E-state index contributed by atoms with van der Waals surface area (Å²) in [5.74, 6) is 5.67. The lowest BCUT2D eigenvalue weighted by Crippen LogP contribution is -2.26. The number of hydrazone groups is 1. The van der Waals surface area contributed by atoms with Gasteiger partial charge >= 0.3 is 0 Å². The standard InChI is InChI=1S/C7H16N4/c1-5-7(2,3)6(9-4)10-11-8/h11H,4-5,8H2,1-3H3/b10-6-. The summed E-state index contributed by atoms with van der Waals surface area (Å²) in [6.07, 6.45) is 0.951. The molecule has 3 N–H and O–H groups in total. The highest BCUT2D eigenvalue weighted by molar-refractivity contribution is 5.90. The van der Waals surface area contributed by atoms with Gasteiger partial charge in [-0.15, -0.1) is 5.10 Å². The topological polar surface area (TPSA) is 62.8 Å². The molecule has 0 aliphatic rings. The Morgan fingerprint density at radius 1 is 1.64 bits per heavy atom. The van der Waals surface area contributed by atoms with Crippen LogP contribution < -0.4 is 11.4 Å². The van der Waals surface area contributed by atoms with Crippen molar-refractivity contribution in [2.75, 3.05) is 0 Å². The van der Waals surface area contributed by atoms with Crippen molar-refractivity contribution in [3.05, 3.63) is 0 Å². The van der Waals surface area contributed by atoms with Crippen LogP contribution in [0.2, 0.25) is 0 Å². The van der Waals surface area contributed by atoms with Crippen LogP contribution in [0.25, 0.3) is 0 Å². The minimum atomic E-state index is -0.0614. The Labute approximate surface area is 67.5 Å². The number of rotatable bonds is 3. The molecule has 0 saturated heterocycles. The quantitative estimate of drug-likeness (QED) is 0.276. The number of hydrogen-bond acceptors (Lipinski definition) is 3. The van der Waals surface area contributed by atoms with Gasteiger partial charge in [0.1, 0.15) is 0 Å². The van der Waals surface area contributed by atoms with E-state index >= 15 is 0 Å². The molecule has 0 saturated carbocycles. The molecular formula is C7H16N4. The van der Waals surface area contributed by atoms with E-state index < -0.39 is 0 Å². The molecule has 0 aromatic heterocycles. The maximum atomic E-state index is 5.03. The Hall–Kier alpha value is -0.900. The summed E-state index contributed by atoms with van der Waals surface area (Å²) in [4.78, 5) is 3.78. The maximum Gasteiger partial charge on any atom is 0.154 e. The first-order chi connectivity index (χ1) is 5.08. The average Bonchev–Trinajstić information content (AvgIpc) is 2.00. The van der Waals surface area contributed by atoms with Crippen LogP contribution in [0.3, 0.4) is 0 Å². The molecule has 0 atom stereocenters. The van der Waals surface area contributed by atoms with Crippen molar-refractivity contribution in [1.82, 2.24) is 5.53 Å². The van der Waals surface area contributed by atoms with Crippen molar-refractivity contribution in [3.8, 4) is 0 Å². The first kappa shape index (κ1) is 10.1. The molecule has 0 amide bonds.